The van der Waals surface area contributed by atoms with Crippen LogP contribution in [0.2, 0.25) is 0 Å². The highest BCUT2D eigenvalue weighted by Crippen LogP contribution is 2.38. The number of hydrogen-bond donors (Lipinski definition) is 3. The minimum atomic E-state index is -0.0909. The third-order valence-electron chi connectivity index (χ3n) is 4.87. The first-order chi connectivity index (χ1) is 9.75. The first kappa shape index (κ1) is 13.7. The van der Waals surface area contributed by atoms with Gasteiger partial charge in [0, 0.05) is 29.7 Å². The van der Waals surface area contributed by atoms with Gasteiger partial charge in [0.25, 0.3) is 0 Å². The topological polar surface area (TPSA) is 48.0 Å². The van der Waals surface area contributed by atoms with Gasteiger partial charge in [-0.05, 0) is 36.8 Å². The molecular weight excluding hydrogens is 248 g/mol. The highest BCUT2D eigenvalue weighted by atomic mass is 16.3. The van der Waals surface area contributed by atoms with Crippen LogP contribution < -0.4 is 5.32 Å². The lowest BCUT2D eigenvalue weighted by Gasteiger charge is -2.37. The summed E-state index contributed by atoms with van der Waals surface area (Å²) in [5.74, 6) is 0. The predicted molar refractivity (Wildman–Crippen MR) is 83.1 cm³/mol. The fourth-order valence-corrected chi connectivity index (χ4v) is 3.70. The molecule has 0 aliphatic carbocycles. The Kier molecular flexibility index (Phi) is 3.57. The highest BCUT2D eigenvalue weighted by molar-refractivity contribution is 5.88. The van der Waals surface area contributed by atoms with Gasteiger partial charge in [0.05, 0.1) is 5.54 Å². The zero-order valence-corrected chi connectivity index (χ0v) is 12.4. The molecule has 3 heteroatoms. The first-order valence-corrected chi connectivity index (χ1v) is 7.74. The number of aryl methyl sites for hydroxylation is 1. The second-order valence-electron chi connectivity index (χ2n) is 5.76. The van der Waals surface area contributed by atoms with Crippen molar-refractivity contribution >= 4 is 10.9 Å². The van der Waals surface area contributed by atoms with Gasteiger partial charge < -0.3 is 15.4 Å². The van der Waals surface area contributed by atoms with Gasteiger partial charge in [-0.25, -0.2) is 0 Å². The summed E-state index contributed by atoms with van der Waals surface area (Å²) in [5, 5.41) is 14.5. The molecule has 1 aliphatic heterocycles. The summed E-state index contributed by atoms with van der Waals surface area (Å²) < 4.78 is 0. The van der Waals surface area contributed by atoms with Crippen LogP contribution in [0, 0.1) is 0 Å². The van der Waals surface area contributed by atoms with Crippen molar-refractivity contribution in [3.8, 4) is 0 Å². The van der Waals surface area contributed by atoms with Crippen molar-refractivity contribution in [3.63, 3.8) is 0 Å². The number of nitrogens with one attached hydrogen (secondary N) is 2. The summed E-state index contributed by atoms with van der Waals surface area (Å²) in [6, 6.07) is 6.60. The van der Waals surface area contributed by atoms with Crippen LogP contribution in [0.15, 0.2) is 18.2 Å². The molecule has 0 fully saturated rings. The summed E-state index contributed by atoms with van der Waals surface area (Å²) in [6.07, 6.45) is 3.87. The Balaban J connectivity index is 2.24. The van der Waals surface area contributed by atoms with Crippen LogP contribution in [-0.4, -0.2) is 23.2 Å². The minimum Gasteiger partial charge on any atom is -0.396 e. The van der Waals surface area contributed by atoms with E-state index in [1.54, 1.807) is 0 Å². The van der Waals surface area contributed by atoms with Crippen molar-refractivity contribution < 1.29 is 5.11 Å². The van der Waals surface area contributed by atoms with Crippen molar-refractivity contribution in [2.45, 2.75) is 45.1 Å². The van der Waals surface area contributed by atoms with Gasteiger partial charge in [0.2, 0.25) is 0 Å². The van der Waals surface area contributed by atoms with E-state index in [1.165, 1.54) is 27.7 Å². The highest BCUT2D eigenvalue weighted by Gasteiger charge is 2.36. The van der Waals surface area contributed by atoms with Gasteiger partial charge >= 0.3 is 0 Å². The summed E-state index contributed by atoms with van der Waals surface area (Å²) in [4.78, 5) is 3.69. The maximum absolute atomic E-state index is 9.46. The first-order valence-electron chi connectivity index (χ1n) is 7.74. The Labute approximate surface area is 120 Å². The quantitative estimate of drug-likeness (QED) is 0.801. The lowest BCUT2D eigenvalue weighted by atomic mass is 9.82. The van der Waals surface area contributed by atoms with Crippen LogP contribution in [0.4, 0.5) is 0 Å². The standard InChI is InChI=1S/C17H24N2O/c1-3-12-6-5-7-13-14-8-10-18-17(4-2,9-11-20)16(14)19-15(12)13/h5-7,18-20H,3-4,8-11H2,1-2H3/t17-/m1/s1. The molecule has 0 spiro atoms. The number of aromatic nitrogens is 1. The van der Waals surface area contributed by atoms with Crippen molar-refractivity contribution in [1.29, 1.82) is 0 Å². The number of benzene rings is 1. The van der Waals surface area contributed by atoms with E-state index >= 15 is 0 Å². The Morgan fingerprint density at radius 1 is 1.30 bits per heavy atom. The van der Waals surface area contributed by atoms with Crippen molar-refractivity contribution in [2.24, 2.45) is 0 Å². The molecule has 3 nitrogen and oxygen atoms in total. The van der Waals surface area contributed by atoms with Gasteiger partial charge in [-0.15, -0.1) is 0 Å². The molecule has 1 aromatic heterocycles. The molecule has 0 saturated carbocycles. The maximum Gasteiger partial charge on any atom is 0.0609 e. The monoisotopic (exact) mass is 272 g/mol. The van der Waals surface area contributed by atoms with Crippen molar-refractivity contribution in [3.05, 3.63) is 35.0 Å². The number of aliphatic hydroxyl groups is 1. The summed E-state index contributed by atoms with van der Waals surface area (Å²) in [6.45, 7) is 5.61. The van der Waals surface area contributed by atoms with E-state index in [2.05, 4.69) is 42.3 Å². The second-order valence-corrected chi connectivity index (χ2v) is 5.76. The maximum atomic E-state index is 9.46. The molecule has 3 rings (SSSR count). The molecule has 0 saturated heterocycles. The summed E-state index contributed by atoms with van der Waals surface area (Å²) in [7, 11) is 0. The molecule has 1 aliphatic rings. The third-order valence-corrected chi connectivity index (χ3v) is 4.87. The normalized spacial score (nSPS) is 22.1. The van der Waals surface area contributed by atoms with Crippen LogP contribution >= 0.6 is 0 Å². The third kappa shape index (κ3) is 1.88. The molecule has 108 valence electrons. The number of hydrogen-bond acceptors (Lipinski definition) is 2. The van der Waals surface area contributed by atoms with E-state index < -0.39 is 0 Å². The zero-order valence-electron chi connectivity index (χ0n) is 12.4. The van der Waals surface area contributed by atoms with Crippen LogP contribution in [0.1, 0.15) is 43.5 Å². The average molecular weight is 272 g/mol. The molecule has 0 radical (unpaired) electrons. The van der Waals surface area contributed by atoms with Crippen LogP contribution in [0.3, 0.4) is 0 Å². The largest absolute Gasteiger partial charge is 0.396 e. The Hall–Kier alpha value is -1.32. The van der Waals surface area contributed by atoms with Gasteiger partial charge in [-0.1, -0.05) is 32.0 Å². The predicted octanol–water partition coefficient (Wildman–Crippen LogP) is 2.86. The molecule has 3 N–H and O–H groups in total. The van der Waals surface area contributed by atoms with E-state index in [0.29, 0.717) is 0 Å². The number of H-pyrrole nitrogens is 1. The van der Waals surface area contributed by atoms with Crippen molar-refractivity contribution in [2.75, 3.05) is 13.2 Å². The Bertz CT molecular complexity index is 617. The lowest BCUT2D eigenvalue weighted by molar-refractivity contribution is 0.194. The molecule has 0 unspecified atom stereocenters. The number of fused-ring (bicyclic) bond motifs is 3. The van der Waals surface area contributed by atoms with E-state index in [1.807, 2.05) is 0 Å². The molecule has 20 heavy (non-hydrogen) atoms. The van der Waals surface area contributed by atoms with E-state index in [-0.39, 0.29) is 12.1 Å². The molecule has 2 aromatic rings. The summed E-state index contributed by atoms with van der Waals surface area (Å²) in [5.41, 5.74) is 5.33. The van der Waals surface area contributed by atoms with E-state index in [9.17, 15) is 5.11 Å². The van der Waals surface area contributed by atoms with Gasteiger partial charge in [-0.2, -0.15) is 0 Å². The minimum absolute atomic E-state index is 0.0909. The molecular formula is C17H24N2O. The fourth-order valence-electron chi connectivity index (χ4n) is 3.70. The van der Waals surface area contributed by atoms with Crippen LogP contribution in [-0.2, 0) is 18.4 Å². The van der Waals surface area contributed by atoms with Gasteiger partial charge in [0.1, 0.15) is 0 Å². The molecule has 0 bridgehead atoms. The van der Waals surface area contributed by atoms with Gasteiger partial charge in [0.15, 0.2) is 0 Å². The Morgan fingerprint density at radius 2 is 2.15 bits per heavy atom. The van der Waals surface area contributed by atoms with Crippen molar-refractivity contribution in [1.82, 2.24) is 10.3 Å². The second kappa shape index (κ2) is 5.23. The number of rotatable bonds is 4. The number of para-hydroxylation sites is 1. The smallest absolute Gasteiger partial charge is 0.0609 e. The molecule has 2 heterocycles. The summed E-state index contributed by atoms with van der Waals surface area (Å²) >= 11 is 0. The van der Waals surface area contributed by atoms with E-state index in [0.717, 1.165) is 32.2 Å². The number of aliphatic hydroxyl groups excluding tert-OH is 1. The average Bonchev–Trinajstić information content (AvgIpc) is 2.87. The van der Waals surface area contributed by atoms with E-state index in [4.69, 9.17) is 0 Å². The fraction of sp³-hybridized carbons (Fsp3) is 0.529. The van der Waals surface area contributed by atoms with Crippen LogP contribution in [0.25, 0.3) is 10.9 Å². The Morgan fingerprint density at radius 3 is 2.85 bits per heavy atom. The van der Waals surface area contributed by atoms with Crippen LogP contribution in [0.5, 0.6) is 0 Å². The SMILES string of the molecule is CCc1cccc2c3c([nH]c12)[C@@](CC)(CCO)NCC3. The molecule has 0 amide bonds. The zero-order chi connectivity index (χ0) is 14.2. The molecule has 1 aromatic carbocycles. The van der Waals surface area contributed by atoms with Gasteiger partial charge in [-0.3, -0.25) is 0 Å². The number of aromatic amines is 1. The molecule has 1 atom stereocenters. The lowest BCUT2D eigenvalue weighted by Crippen LogP contribution is -2.47.